The quantitative estimate of drug-likeness (QED) is 0.710. The summed E-state index contributed by atoms with van der Waals surface area (Å²) in [6.45, 7) is 7.06. The molecule has 1 aromatic carbocycles. The minimum atomic E-state index is -3.20. The molecule has 146 valence electrons. The molecule has 1 amide bonds. The van der Waals surface area contributed by atoms with Crippen LogP contribution in [0.4, 0.5) is 0 Å². The van der Waals surface area contributed by atoms with Crippen LogP contribution in [0.5, 0.6) is 0 Å². The molecule has 1 aliphatic rings. The molecular formula is C18H23BrN4O3S. The van der Waals surface area contributed by atoms with Gasteiger partial charge in [0.05, 0.1) is 27.3 Å². The number of carbonyl (C=O) groups is 1. The molecule has 1 saturated heterocycles. The van der Waals surface area contributed by atoms with Gasteiger partial charge >= 0.3 is 0 Å². The molecule has 9 heteroatoms. The second kappa shape index (κ2) is 7.73. The van der Waals surface area contributed by atoms with Crippen LogP contribution in [0.1, 0.15) is 28.7 Å². The van der Waals surface area contributed by atoms with Crippen LogP contribution in [0.3, 0.4) is 0 Å². The van der Waals surface area contributed by atoms with Crippen molar-refractivity contribution in [1.29, 1.82) is 0 Å². The van der Waals surface area contributed by atoms with Crippen molar-refractivity contribution in [3.8, 4) is 5.69 Å². The number of carbonyl (C=O) groups excluding carboxylic acids is 1. The van der Waals surface area contributed by atoms with Gasteiger partial charge in [0.25, 0.3) is 5.91 Å². The van der Waals surface area contributed by atoms with E-state index in [0.717, 1.165) is 21.5 Å². The van der Waals surface area contributed by atoms with E-state index in [1.807, 2.05) is 30.7 Å². The molecule has 1 aliphatic heterocycles. The number of halogens is 1. The van der Waals surface area contributed by atoms with Gasteiger partial charge in [-0.2, -0.15) is 9.40 Å². The second-order valence-corrected chi connectivity index (χ2v) is 9.59. The summed E-state index contributed by atoms with van der Waals surface area (Å²) in [5.41, 5.74) is 3.38. The molecule has 2 aromatic rings. The van der Waals surface area contributed by atoms with Gasteiger partial charge in [-0.05, 0) is 61.0 Å². The largest absolute Gasteiger partial charge is 0.336 e. The van der Waals surface area contributed by atoms with Crippen molar-refractivity contribution in [3.63, 3.8) is 0 Å². The maximum Gasteiger partial charge on any atom is 0.253 e. The highest BCUT2D eigenvalue weighted by Crippen LogP contribution is 2.23. The molecule has 2 heterocycles. The summed E-state index contributed by atoms with van der Waals surface area (Å²) in [5.74, 6) is 0.00910. The maximum absolute atomic E-state index is 12.7. The predicted octanol–water partition coefficient (Wildman–Crippen LogP) is 2.36. The van der Waals surface area contributed by atoms with Crippen molar-refractivity contribution in [1.82, 2.24) is 19.0 Å². The molecule has 3 rings (SSSR count). The fourth-order valence-electron chi connectivity index (χ4n) is 3.15. The van der Waals surface area contributed by atoms with Crippen LogP contribution >= 0.6 is 15.9 Å². The van der Waals surface area contributed by atoms with Gasteiger partial charge in [0, 0.05) is 31.7 Å². The van der Waals surface area contributed by atoms with Crippen molar-refractivity contribution in [2.24, 2.45) is 0 Å². The lowest BCUT2D eigenvalue weighted by Crippen LogP contribution is -2.50. The highest BCUT2D eigenvalue weighted by Gasteiger charge is 2.28. The van der Waals surface area contributed by atoms with Gasteiger partial charge in [-0.3, -0.25) is 4.79 Å². The molecule has 1 aromatic heterocycles. The SMILES string of the molecule is CCS(=O)(=O)N1CCN(C(=O)c2ccc(-n3nc(C)c(Br)c3C)cc2)CC1. The standard InChI is InChI=1S/C18H23BrN4O3S/c1-4-27(25,26)22-11-9-21(10-12-22)18(24)15-5-7-16(8-6-15)23-14(3)17(19)13(2)20-23/h5-8H,4,9-12H2,1-3H3. The number of piperazine rings is 1. The van der Waals surface area contributed by atoms with Gasteiger partial charge in [0.2, 0.25) is 10.0 Å². The lowest BCUT2D eigenvalue weighted by Gasteiger charge is -2.33. The van der Waals surface area contributed by atoms with E-state index in [2.05, 4.69) is 21.0 Å². The zero-order valence-electron chi connectivity index (χ0n) is 15.6. The normalized spacial score (nSPS) is 15.9. The van der Waals surface area contributed by atoms with Gasteiger partial charge in [-0.25, -0.2) is 13.1 Å². The van der Waals surface area contributed by atoms with E-state index in [4.69, 9.17) is 0 Å². The van der Waals surface area contributed by atoms with Gasteiger partial charge < -0.3 is 4.90 Å². The topological polar surface area (TPSA) is 75.5 Å². The Morgan fingerprint density at radius 2 is 1.70 bits per heavy atom. The van der Waals surface area contributed by atoms with Crippen LogP contribution in [0.25, 0.3) is 5.69 Å². The van der Waals surface area contributed by atoms with E-state index in [9.17, 15) is 13.2 Å². The number of hydrogen-bond donors (Lipinski definition) is 0. The molecule has 7 nitrogen and oxygen atoms in total. The Balaban J connectivity index is 1.71. The summed E-state index contributed by atoms with van der Waals surface area (Å²) < 4.78 is 28.1. The number of hydrogen-bond acceptors (Lipinski definition) is 4. The van der Waals surface area contributed by atoms with Crippen molar-refractivity contribution in [2.45, 2.75) is 20.8 Å². The number of nitrogens with zero attached hydrogens (tertiary/aromatic N) is 4. The smallest absolute Gasteiger partial charge is 0.253 e. The van der Waals surface area contributed by atoms with E-state index >= 15 is 0 Å². The van der Waals surface area contributed by atoms with Crippen molar-refractivity contribution < 1.29 is 13.2 Å². The summed E-state index contributed by atoms with van der Waals surface area (Å²) in [7, 11) is -3.20. The van der Waals surface area contributed by atoms with Crippen LogP contribution in [0.2, 0.25) is 0 Å². The third-order valence-corrected chi connectivity index (χ3v) is 7.88. The predicted molar refractivity (Wildman–Crippen MR) is 108 cm³/mol. The van der Waals surface area contributed by atoms with Crippen molar-refractivity contribution >= 4 is 31.9 Å². The lowest BCUT2D eigenvalue weighted by atomic mass is 10.1. The first kappa shape index (κ1) is 20.0. The summed E-state index contributed by atoms with van der Waals surface area (Å²) >= 11 is 3.52. The van der Waals surface area contributed by atoms with Gasteiger partial charge in [0.1, 0.15) is 0 Å². The first-order valence-corrected chi connectivity index (χ1v) is 11.2. The number of amides is 1. The van der Waals surface area contributed by atoms with E-state index < -0.39 is 10.0 Å². The van der Waals surface area contributed by atoms with Crippen LogP contribution in [0.15, 0.2) is 28.7 Å². The third kappa shape index (κ3) is 3.95. The molecule has 0 saturated carbocycles. The van der Waals surface area contributed by atoms with Gasteiger partial charge in [0.15, 0.2) is 0 Å². The molecule has 0 bridgehead atoms. The Bertz CT molecular complexity index is 946. The Hall–Kier alpha value is -1.71. The maximum atomic E-state index is 12.7. The number of sulfonamides is 1. The summed E-state index contributed by atoms with van der Waals surface area (Å²) in [6.07, 6.45) is 0. The highest BCUT2D eigenvalue weighted by atomic mass is 79.9. The fourth-order valence-corrected chi connectivity index (χ4v) is 4.49. The average Bonchev–Trinajstić information content (AvgIpc) is 2.95. The second-order valence-electron chi connectivity index (χ2n) is 6.54. The van der Waals surface area contributed by atoms with E-state index in [-0.39, 0.29) is 11.7 Å². The number of benzene rings is 1. The fraction of sp³-hybridized carbons (Fsp3) is 0.444. The highest BCUT2D eigenvalue weighted by molar-refractivity contribution is 9.10. The molecule has 0 radical (unpaired) electrons. The number of aromatic nitrogens is 2. The molecule has 0 N–H and O–H groups in total. The van der Waals surface area contributed by atoms with E-state index in [0.29, 0.717) is 31.7 Å². The summed E-state index contributed by atoms with van der Waals surface area (Å²) in [5, 5.41) is 4.50. The third-order valence-electron chi connectivity index (χ3n) is 4.85. The first-order valence-electron chi connectivity index (χ1n) is 8.84. The Morgan fingerprint density at radius 3 is 2.19 bits per heavy atom. The number of aryl methyl sites for hydroxylation is 1. The Morgan fingerprint density at radius 1 is 1.11 bits per heavy atom. The van der Waals surface area contributed by atoms with E-state index in [1.54, 1.807) is 24.0 Å². The Kier molecular flexibility index (Phi) is 5.73. The van der Waals surface area contributed by atoms with Gasteiger partial charge in [-0.1, -0.05) is 0 Å². The average molecular weight is 455 g/mol. The minimum Gasteiger partial charge on any atom is -0.336 e. The molecule has 0 unspecified atom stereocenters. The van der Waals surface area contributed by atoms with Crippen molar-refractivity contribution in [2.75, 3.05) is 31.9 Å². The summed E-state index contributed by atoms with van der Waals surface area (Å²) in [6, 6.07) is 7.32. The molecule has 0 spiro atoms. The Labute approximate surface area is 168 Å². The zero-order chi connectivity index (χ0) is 19.8. The van der Waals surface area contributed by atoms with Crippen LogP contribution in [-0.2, 0) is 10.0 Å². The molecule has 1 fully saturated rings. The number of rotatable bonds is 4. The van der Waals surface area contributed by atoms with Crippen LogP contribution in [-0.4, -0.2) is 65.2 Å². The summed E-state index contributed by atoms with van der Waals surface area (Å²) in [4.78, 5) is 14.4. The molecule has 0 atom stereocenters. The van der Waals surface area contributed by atoms with Crippen molar-refractivity contribution in [3.05, 3.63) is 45.7 Å². The van der Waals surface area contributed by atoms with Gasteiger partial charge in [-0.15, -0.1) is 0 Å². The molecule has 0 aliphatic carbocycles. The first-order chi connectivity index (χ1) is 12.7. The zero-order valence-corrected chi connectivity index (χ0v) is 18.0. The van der Waals surface area contributed by atoms with Crippen LogP contribution in [0, 0.1) is 13.8 Å². The minimum absolute atomic E-state index is 0.0790. The molecular weight excluding hydrogens is 432 g/mol. The molecule has 27 heavy (non-hydrogen) atoms. The van der Waals surface area contributed by atoms with Crippen LogP contribution < -0.4 is 0 Å². The van der Waals surface area contributed by atoms with E-state index in [1.165, 1.54) is 4.31 Å². The monoisotopic (exact) mass is 454 g/mol. The lowest BCUT2D eigenvalue weighted by molar-refractivity contribution is 0.0698.